The maximum absolute atomic E-state index is 12.1. The van der Waals surface area contributed by atoms with Crippen LogP contribution >= 0.6 is 0 Å². The molecule has 6 heteroatoms. The van der Waals surface area contributed by atoms with Crippen molar-refractivity contribution in [3.63, 3.8) is 0 Å². The van der Waals surface area contributed by atoms with Crippen LogP contribution in [-0.2, 0) is 24.1 Å². The maximum Gasteiger partial charge on any atom is 0.250 e. The van der Waals surface area contributed by atoms with Crippen molar-refractivity contribution >= 4 is 5.91 Å². The van der Waals surface area contributed by atoms with E-state index in [4.69, 9.17) is 0 Å². The van der Waals surface area contributed by atoms with Crippen molar-refractivity contribution < 1.29 is 4.79 Å². The number of hydrogen-bond donors (Lipinski definition) is 2. The minimum Gasteiger partial charge on any atom is -0.355 e. The molecule has 1 saturated heterocycles. The fourth-order valence-corrected chi connectivity index (χ4v) is 3.81. The van der Waals surface area contributed by atoms with Gasteiger partial charge >= 0.3 is 0 Å². The summed E-state index contributed by atoms with van der Waals surface area (Å²) in [6.07, 6.45) is 7.68. The molecule has 1 unspecified atom stereocenters. The molecule has 2 aromatic rings. The number of likely N-dealkylation sites (tertiary alicyclic amines) is 1. The van der Waals surface area contributed by atoms with Gasteiger partial charge in [-0.2, -0.15) is 0 Å². The Bertz CT molecular complexity index is 860. The minimum absolute atomic E-state index is 0.0174. The Hall–Kier alpha value is -2.73. The zero-order valence-corrected chi connectivity index (χ0v) is 16.9. The summed E-state index contributed by atoms with van der Waals surface area (Å²) in [5.74, 6) is 0.698. The number of aromatic nitrogens is 2. The number of benzene rings is 1. The van der Waals surface area contributed by atoms with Gasteiger partial charge in [-0.3, -0.25) is 9.59 Å². The second kappa shape index (κ2) is 10.7. The molecule has 0 spiro atoms. The van der Waals surface area contributed by atoms with Crippen LogP contribution in [0.4, 0.5) is 0 Å². The van der Waals surface area contributed by atoms with E-state index in [9.17, 15) is 9.59 Å². The predicted octanol–water partition coefficient (Wildman–Crippen LogP) is 2.11. The predicted molar refractivity (Wildman–Crippen MR) is 115 cm³/mol. The summed E-state index contributed by atoms with van der Waals surface area (Å²) >= 11 is 0. The number of nitrogens with zero attached hydrogens (tertiary/aromatic N) is 2. The first kappa shape index (κ1) is 21.0. The molecule has 1 aromatic carbocycles. The van der Waals surface area contributed by atoms with Gasteiger partial charge < -0.3 is 15.2 Å². The van der Waals surface area contributed by atoms with Crippen molar-refractivity contribution in [1.29, 1.82) is 0 Å². The van der Waals surface area contributed by atoms with E-state index >= 15 is 0 Å². The van der Waals surface area contributed by atoms with Crippen molar-refractivity contribution in [1.82, 2.24) is 20.2 Å². The zero-order chi connectivity index (χ0) is 20.5. The monoisotopic (exact) mass is 394 g/mol. The quantitative estimate of drug-likeness (QED) is 0.605. The summed E-state index contributed by atoms with van der Waals surface area (Å²) in [7, 11) is 0. The number of nitrogens with one attached hydrogen (secondary N) is 2. The van der Waals surface area contributed by atoms with E-state index in [-0.39, 0.29) is 11.5 Å². The van der Waals surface area contributed by atoms with Crippen molar-refractivity contribution in [3.8, 4) is 0 Å². The third kappa shape index (κ3) is 6.98. The summed E-state index contributed by atoms with van der Waals surface area (Å²) in [4.78, 5) is 32.5. The van der Waals surface area contributed by atoms with Crippen molar-refractivity contribution in [2.45, 2.75) is 32.1 Å². The Labute approximate surface area is 172 Å². The molecule has 2 heterocycles. The molecule has 3 rings (SSSR count). The first-order valence-corrected chi connectivity index (χ1v) is 10.3. The van der Waals surface area contributed by atoms with Crippen LogP contribution < -0.4 is 10.9 Å². The molecule has 1 aromatic heterocycles. The number of H-pyrrole nitrogens is 1. The lowest BCUT2D eigenvalue weighted by Gasteiger charge is -2.15. The minimum atomic E-state index is -0.177. The second-order valence-corrected chi connectivity index (χ2v) is 7.73. The van der Waals surface area contributed by atoms with Crippen molar-refractivity contribution in [2.24, 2.45) is 5.92 Å². The van der Waals surface area contributed by atoms with Crippen LogP contribution in [0.2, 0.25) is 0 Å². The number of carbonyl (C=O) groups excluding carboxylic acids is 1. The van der Waals surface area contributed by atoms with Crippen LogP contribution in [0.15, 0.2) is 54.1 Å². The molecule has 6 nitrogen and oxygen atoms in total. The van der Waals surface area contributed by atoms with E-state index in [0.29, 0.717) is 31.0 Å². The first-order chi connectivity index (χ1) is 14.1. The zero-order valence-electron chi connectivity index (χ0n) is 16.9. The van der Waals surface area contributed by atoms with Gasteiger partial charge in [-0.05, 0) is 42.9 Å². The van der Waals surface area contributed by atoms with Gasteiger partial charge in [0, 0.05) is 37.8 Å². The molecule has 1 aliphatic heterocycles. The SMILES string of the molecule is C=CCCN1CCC(Cc2ccc(CC(=O)NCCc3cc(=O)[nH]cn3)cc2)C1. The van der Waals surface area contributed by atoms with E-state index < -0.39 is 0 Å². The van der Waals surface area contributed by atoms with E-state index in [1.54, 1.807) is 0 Å². The highest BCUT2D eigenvalue weighted by molar-refractivity contribution is 5.78. The van der Waals surface area contributed by atoms with Gasteiger partial charge in [0.25, 0.3) is 5.56 Å². The molecule has 0 bridgehead atoms. The standard InChI is InChI=1S/C23H30N4O2/c1-2-3-11-27-12-9-20(16-27)13-18-4-6-19(7-5-18)14-22(28)24-10-8-21-15-23(29)26-17-25-21/h2,4-7,15,17,20H,1,3,8-14,16H2,(H,24,28)(H,25,26,29). The van der Waals surface area contributed by atoms with Crippen molar-refractivity contribution in [3.05, 3.63) is 76.5 Å². The van der Waals surface area contributed by atoms with Gasteiger partial charge in [0.05, 0.1) is 12.7 Å². The Balaban J connectivity index is 1.39. The third-order valence-corrected chi connectivity index (χ3v) is 5.37. The Morgan fingerprint density at radius 1 is 1.31 bits per heavy atom. The smallest absolute Gasteiger partial charge is 0.250 e. The molecule has 0 radical (unpaired) electrons. The molecule has 0 saturated carbocycles. The summed E-state index contributed by atoms with van der Waals surface area (Å²) in [5, 5.41) is 2.89. The van der Waals surface area contributed by atoms with Crippen molar-refractivity contribution in [2.75, 3.05) is 26.2 Å². The Morgan fingerprint density at radius 3 is 2.86 bits per heavy atom. The molecule has 0 aliphatic carbocycles. The number of rotatable bonds is 10. The molecule has 1 amide bonds. The van der Waals surface area contributed by atoms with E-state index in [2.05, 4.69) is 51.0 Å². The molecule has 1 fully saturated rings. The highest BCUT2D eigenvalue weighted by Gasteiger charge is 2.21. The van der Waals surface area contributed by atoms with Crippen LogP contribution in [0.25, 0.3) is 0 Å². The summed E-state index contributed by atoms with van der Waals surface area (Å²) in [6.45, 7) is 7.74. The highest BCUT2D eigenvalue weighted by atomic mass is 16.1. The Morgan fingerprint density at radius 2 is 2.10 bits per heavy atom. The van der Waals surface area contributed by atoms with Gasteiger partial charge in [-0.25, -0.2) is 4.98 Å². The van der Waals surface area contributed by atoms with E-state index in [0.717, 1.165) is 24.9 Å². The van der Waals surface area contributed by atoms with Gasteiger partial charge in [0.1, 0.15) is 0 Å². The second-order valence-electron chi connectivity index (χ2n) is 7.73. The highest BCUT2D eigenvalue weighted by Crippen LogP contribution is 2.21. The van der Waals surface area contributed by atoms with Crippen LogP contribution in [0.5, 0.6) is 0 Å². The van der Waals surface area contributed by atoms with Gasteiger partial charge in [0.15, 0.2) is 0 Å². The van der Waals surface area contributed by atoms with Gasteiger partial charge in [0.2, 0.25) is 5.91 Å². The summed E-state index contributed by atoms with van der Waals surface area (Å²) in [6, 6.07) is 9.85. The fraction of sp³-hybridized carbons (Fsp3) is 0.435. The lowest BCUT2D eigenvalue weighted by atomic mass is 9.97. The van der Waals surface area contributed by atoms with Crippen LogP contribution in [0.1, 0.15) is 29.7 Å². The summed E-state index contributed by atoms with van der Waals surface area (Å²) in [5.41, 5.74) is 2.85. The average molecular weight is 395 g/mol. The number of hydrogen-bond acceptors (Lipinski definition) is 4. The van der Waals surface area contributed by atoms with Crippen LogP contribution in [-0.4, -0.2) is 47.0 Å². The average Bonchev–Trinajstić information content (AvgIpc) is 3.15. The van der Waals surface area contributed by atoms with Gasteiger partial charge in [-0.15, -0.1) is 6.58 Å². The first-order valence-electron chi connectivity index (χ1n) is 10.3. The molecule has 29 heavy (non-hydrogen) atoms. The summed E-state index contributed by atoms with van der Waals surface area (Å²) < 4.78 is 0. The molecule has 2 N–H and O–H groups in total. The topological polar surface area (TPSA) is 78.1 Å². The molecule has 154 valence electrons. The van der Waals surface area contributed by atoms with Crippen LogP contribution in [0, 0.1) is 5.92 Å². The largest absolute Gasteiger partial charge is 0.355 e. The third-order valence-electron chi connectivity index (χ3n) is 5.37. The lowest BCUT2D eigenvalue weighted by Crippen LogP contribution is -2.27. The molecular weight excluding hydrogens is 364 g/mol. The molecular formula is C23H30N4O2. The van der Waals surface area contributed by atoms with E-state index in [1.807, 2.05) is 6.08 Å². The maximum atomic E-state index is 12.1. The van der Waals surface area contributed by atoms with Gasteiger partial charge in [-0.1, -0.05) is 30.3 Å². The van der Waals surface area contributed by atoms with Crippen LogP contribution in [0.3, 0.4) is 0 Å². The number of amides is 1. The fourth-order valence-electron chi connectivity index (χ4n) is 3.81. The number of aromatic amines is 1. The van der Waals surface area contributed by atoms with E-state index in [1.165, 1.54) is 37.5 Å². The Kier molecular flexibility index (Phi) is 7.76. The molecule has 1 aliphatic rings. The molecule has 1 atom stereocenters. The normalized spacial score (nSPS) is 16.6. The lowest BCUT2D eigenvalue weighted by molar-refractivity contribution is -0.120. The number of carbonyl (C=O) groups is 1.